The second kappa shape index (κ2) is 6.89. The van der Waals surface area contributed by atoms with E-state index < -0.39 is 5.60 Å². The molecule has 0 spiro atoms. The summed E-state index contributed by atoms with van der Waals surface area (Å²) < 4.78 is 11.2. The van der Waals surface area contributed by atoms with Gasteiger partial charge in [0.15, 0.2) is 0 Å². The Hall–Kier alpha value is -1.62. The zero-order valence-electron chi connectivity index (χ0n) is 13.0. The van der Waals surface area contributed by atoms with Gasteiger partial charge in [-0.15, -0.1) is 0 Å². The molecule has 1 saturated heterocycles. The molecule has 1 aliphatic heterocycles. The summed E-state index contributed by atoms with van der Waals surface area (Å²) in [6.07, 6.45) is 5.26. The number of aromatic nitrogens is 1. The number of carbonyl (C=O) groups excluding carboxylic acids is 1. The van der Waals surface area contributed by atoms with Crippen molar-refractivity contribution in [2.45, 2.75) is 51.9 Å². The van der Waals surface area contributed by atoms with Gasteiger partial charge in [0.25, 0.3) is 0 Å². The van der Waals surface area contributed by atoms with Crippen LogP contribution in [0.3, 0.4) is 0 Å². The number of amides is 1. The highest BCUT2D eigenvalue weighted by molar-refractivity contribution is 5.68. The first-order valence-electron chi connectivity index (χ1n) is 7.42. The average Bonchev–Trinajstić information content (AvgIpc) is 2.86. The molecule has 1 atom stereocenters. The van der Waals surface area contributed by atoms with Crippen LogP contribution in [0.4, 0.5) is 4.79 Å². The Balaban J connectivity index is 1.80. The maximum atomic E-state index is 12.1. The predicted octanol–water partition coefficient (Wildman–Crippen LogP) is 3.00. The Labute approximate surface area is 126 Å². The maximum Gasteiger partial charge on any atom is 0.410 e. The first-order chi connectivity index (χ1) is 9.96. The largest absolute Gasteiger partial charge is 0.444 e. The molecule has 1 aliphatic rings. The topological polar surface area (TPSA) is 51.7 Å². The Morgan fingerprint density at radius 2 is 2.29 bits per heavy atom. The van der Waals surface area contributed by atoms with Crippen molar-refractivity contribution in [1.29, 1.82) is 0 Å². The monoisotopic (exact) mass is 292 g/mol. The first-order valence-corrected chi connectivity index (χ1v) is 7.42. The lowest BCUT2D eigenvalue weighted by Crippen LogP contribution is -2.41. The van der Waals surface area contributed by atoms with E-state index in [4.69, 9.17) is 9.47 Å². The normalized spacial score (nSPS) is 18.8. The summed E-state index contributed by atoms with van der Waals surface area (Å²) in [7, 11) is 0. The Kier molecular flexibility index (Phi) is 5.17. The molecule has 2 rings (SSSR count). The third kappa shape index (κ3) is 5.01. The lowest BCUT2D eigenvalue weighted by molar-refractivity contribution is 0.00881. The van der Waals surface area contributed by atoms with E-state index in [0.29, 0.717) is 13.2 Å². The number of pyridine rings is 1. The van der Waals surface area contributed by atoms with Crippen LogP contribution in [0.1, 0.15) is 39.2 Å². The number of nitrogens with zero attached hydrogens (tertiary/aromatic N) is 2. The molecule has 1 fully saturated rings. The van der Waals surface area contributed by atoms with Gasteiger partial charge < -0.3 is 14.4 Å². The van der Waals surface area contributed by atoms with Gasteiger partial charge in [-0.2, -0.15) is 0 Å². The van der Waals surface area contributed by atoms with Crippen LogP contribution in [0.5, 0.6) is 0 Å². The molecule has 116 valence electrons. The van der Waals surface area contributed by atoms with Crippen molar-refractivity contribution in [2.24, 2.45) is 0 Å². The molecule has 5 heteroatoms. The van der Waals surface area contributed by atoms with Gasteiger partial charge in [0.05, 0.1) is 19.3 Å². The van der Waals surface area contributed by atoms with Crippen LogP contribution >= 0.6 is 0 Å². The van der Waals surface area contributed by atoms with E-state index in [1.54, 1.807) is 17.3 Å². The van der Waals surface area contributed by atoms with Crippen LogP contribution in [-0.2, 0) is 16.1 Å². The average molecular weight is 292 g/mol. The smallest absolute Gasteiger partial charge is 0.410 e. The zero-order chi connectivity index (χ0) is 15.3. The molecule has 1 unspecified atom stereocenters. The van der Waals surface area contributed by atoms with Gasteiger partial charge in [0, 0.05) is 18.9 Å². The van der Waals surface area contributed by atoms with Gasteiger partial charge in [-0.3, -0.25) is 4.98 Å². The second-order valence-corrected chi connectivity index (χ2v) is 6.35. The van der Waals surface area contributed by atoms with E-state index in [-0.39, 0.29) is 12.1 Å². The Bertz CT molecular complexity index is 456. The highest BCUT2D eigenvalue weighted by Crippen LogP contribution is 2.21. The summed E-state index contributed by atoms with van der Waals surface area (Å²) in [6, 6.07) is 3.98. The quantitative estimate of drug-likeness (QED) is 0.856. The fourth-order valence-corrected chi connectivity index (χ4v) is 2.37. The number of likely N-dealkylation sites (tertiary alicyclic amines) is 1. The third-order valence-corrected chi connectivity index (χ3v) is 3.31. The molecular weight excluding hydrogens is 268 g/mol. The molecule has 0 N–H and O–H groups in total. The fraction of sp³-hybridized carbons (Fsp3) is 0.625. The Morgan fingerprint density at radius 3 is 2.95 bits per heavy atom. The van der Waals surface area contributed by atoms with Gasteiger partial charge in [0.2, 0.25) is 0 Å². The summed E-state index contributed by atoms with van der Waals surface area (Å²) in [5, 5.41) is 0. The van der Waals surface area contributed by atoms with Gasteiger partial charge in [-0.1, -0.05) is 6.07 Å². The van der Waals surface area contributed by atoms with E-state index in [1.807, 2.05) is 32.9 Å². The van der Waals surface area contributed by atoms with E-state index >= 15 is 0 Å². The van der Waals surface area contributed by atoms with Crippen LogP contribution in [0.15, 0.2) is 24.5 Å². The maximum absolute atomic E-state index is 12.1. The van der Waals surface area contributed by atoms with Crippen LogP contribution in [0.25, 0.3) is 0 Å². The number of hydrogen-bond donors (Lipinski definition) is 0. The molecule has 0 aromatic carbocycles. The highest BCUT2D eigenvalue weighted by atomic mass is 16.6. The summed E-state index contributed by atoms with van der Waals surface area (Å²) in [6.45, 7) is 7.45. The number of ether oxygens (including phenoxy) is 2. The summed E-state index contributed by atoms with van der Waals surface area (Å²) in [4.78, 5) is 18.0. The van der Waals surface area contributed by atoms with E-state index in [9.17, 15) is 4.79 Å². The SMILES string of the molecule is CC(C)(C)OC(=O)N1CCCC1COCc1cccnc1. The van der Waals surface area contributed by atoms with Gasteiger partial charge in [0.1, 0.15) is 5.60 Å². The number of hydrogen-bond acceptors (Lipinski definition) is 4. The van der Waals surface area contributed by atoms with Crippen molar-refractivity contribution < 1.29 is 14.3 Å². The van der Waals surface area contributed by atoms with E-state index in [0.717, 1.165) is 24.9 Å². The van der Waals surface area contributed by atoms with Crippen LogP contribution in [0, 0.1) is 0 Å². The molecule has 0 bridgehead atoms. The molecule has 0 saturated carbocycles. The molecule has 1 aromatic heterocycles. The summed E-state index contributed by atoms with van der Waals surface area (Å²) in [5.74, 6) is 0. The van der Waals surface area contributed by atoms with E-state index in [1.165, 1.54) is 0 Å². The molecule has 21 heavy (non-hydrogen) atoms. The van der Waals surface area contributed by atoms with Gasteiger partial charge in [-0.05, 0) is 45.2 Å². The molecule has 0 radical (unpaired) electrons. The minimum absolute atomic E-state index is 0.108. The minimum Gasteiger partial charge on any atom is -0.444 e. The van der Waals surface area contributed by atoms with Gasteiger partial charge in [-0.25, -0.2) is 4.79 Å². The lowest BCUT2D eigenvalue weighted by Gasteiger charge is -2.28. The van der Waals surface area contributed by atoms with Crippen molar-refractivity contribution in [2.75, 3.05) is 13.2 Å². The Morgan fingerprint density at radius 1 is 1.48 bits per heavy atom. The lowest BCUT2D eigenvalue weighted by atomic mass is 10.2. The molecule has 0 aliphatic carbocycles. The van der Waals surface area contributed by atoms with Crippen molar-refractivity contribution >= 4 is 6.09 Å². The molecule has 2 heterocycles. The summed E-state index contributed by atoms with van der Waals surface area (Å²) in [5.41, 5.74) is 0.583. The fourth-order valence-electron chi connectivity index (χ4n) is 2.37. The summed E-state index contributed by atoms with van der Waals surface area (Å²) >= 11 is 0. The number of rotatable bonds is 4. The first kappa shape index (κ1) is 15.8. The molecule has 5 nitrogen and oxygen atoms in total. The third-order valence-electron chi connectivity index (χ3n) is 3.31. The second-order valence-electron chi connectivity index (χ2n) is 6.35. The zero-order valence-corrected chi connectivity index (χ0v) is 13.0. The van der Waals surface area contributed by atoms with Crippen molar-refractivity contribution in [1.82, 2.24) is 9.88 Å². The van der Waals surface area contributed by atoms with Crippen molar-refractivity contribution in [3.8, 4) is 0 Å². The van der Waals surface area contributed by atoms with E-state index in [2.05, 4.69) is 4.98 Å². The van der Waals surface area contributed by atoms with Crippen LogP contribution < -0.4 is 0 Å². The molecule has 1 aromatic rings. The van der Waals surface area contributed by atoms with Crippen molar-refractivity contribution in [3.63, 3.8) is 0 Å². The van der Waals surface area contributed by atoms with Crippen molar-refractivity contribution in [3.05, 3.63) is 30.1 Å². The molecule has 1 amide bonds. The van der Waals surface area contributed by atoms with Gasteiger partial charge >= 0.3 is 6.09 Å². The van der Waals surface area contributed by atoms with Crippen LogP contribution in [-0.4, -0.2) is 40.8 Å². The highest BCUT2D eigenvalue weighted by Gasteiger charge is 2.32. The molecular formula is C16H24N2O3. The van der Waals surface area contributed by atoms with Crippen LogP contribution in [0.2, 0.25) is 0 Å². The minimum atomic E-state index is -0.458. The standard InChI is InChI=1S/C16H24N2O3/c1-16(2,3)21-15(19)18-9-5-7-14(18)12-20-11-13-6-4-8-17-10-13/h4,6,8,10,14H,5,7,9,11-12H2,1-3H3. The predicted molar refractivity (Wildman–Crippen MR) is 79.9 cm³/mol. The number of carbonyl (C=O) groups is 1.